The van der Waals surface area contributed by atoms with Crippen LogP contribution in [0, 0.1) is 17.3 Å². The number of alkyl halides is 8. The van der Waals surface area contributed by atoms with Crippen molar-refractivity contribution in [3.63, 3.8) is 0 Å². The number of carboxylic acids is 1. The summed E-state index contributed by atoms with van der Waals surface area (Å²) in [6.07, 6.45) is -11.5. The Kier molecular flexibility index (Phi) is 9.01. The number of aliphatic carboxylic acids is 1. The van der Waals surface area contributed by atoms with Crippen LogP contribution >= 0.6 is 0 Å². The molecule has 0 aromatic heterocycles. The van der Waals surface area contributed by atoms with Crippen molar-refractivity contribution in [1.29, 1.82) is 0 Å². The van der Waals surface area contributed by atoms with Gasteiger partial charge in [0.15, 0.2) is 0 Å². The molecule has 0 saturated carbocycles. The second-order valence-electron chi connectivity index (χ2n) is 11.0. The molecule has 0 bridgehead atoms. The number of likely N-dealkylation sites (tertiary alicyclic amines) is 1. The van der Waals surface area contributed by atoms with E-state index in [1.54, 1.807) is 0 Å². The third kappa shape index (κ3) is 7.13. The Balaban J connectivity index is 2.66. The maximum atomic E-state index is 16.1. The topological polar surface area (TPSA) is 60.8 Å². The molecule has 1 saturated heterocycles. The first kappa shape index (κ1) is 31.3. The van der Waals surface area contributed by atoms with Gasteiger partial charge in [0.2, 0.25) is 5.72 Å². The van der Waals surface area contributed by atoms with Crippen molar-refractivity contribution >= 4 is 5.97 Å². The highest BCUT2D eigenvalue weighted by atomic mass is 19.4. The van der Waals surface area contributed by atoms with Crippen molar-refractivity contribution in [2.75, 3.05) is 6.54 Å². The third-order valence-corrected chi connectivity index (χ3v) is 7.06. The van der Waals surface area contributed by atoms with Crippen molar-refractivity contribution in [2.24, 2.45) is 17.3 Å². The maximum absolute atomic E-state index is 16.1. The molecule has 37 heavy (non-hydrogen) atoms. The lowest BCUT2D eigenvalue weighted by molar-refractivity contribution is -0.323. The molecule has 0 amide bonds. The molecule has 1 aliphatic heterocycles. The number of carbonyl (C=O) groups is 1. The van der Waals surface area contributed by atoms with E-state index >= 15 is 8.78 Å². The molecule has 1 heterocycles. The van der Waals surface area contributed by atoms with E-state index in [0.717, 1.165) is 11.8 Å². The zero-order valence-corrected chi connectivity index (χ0v) is 21.1. The second kappa shape index (κ2) is 10.7. The Morgan fingerprint density at radius 3 is 1.97 bits per heavy atom. The monoisotopic (exact) mass is 547 g/mol. The fourth-order valence-electron chi connectivity index (χ4n) is 4.89. The molecule has 0 radical (unpaired) electrons. The average Bonchev–Trinajstić information content (AvgIpc) is 2.73. The number of carboxylic acid groups (broad SMARTS) is 1. The van der Waals surface area contributed by atoms with Crippen LogP contribution in [0.4, 0.5) is 35.1 Å². The average molecular weight is 548 g/mol. The first-order valence-electron chi connectivity index (χ1n) is 12.0. The van der Waals surface area contributed by atoms with E-state index in [-0.39, 0.29) is 18.4 Å². The highest BCUT2D eigenvalue weighted by Crippen LogP contribution is 2.54. The Bertz CT molecular complexity index is 906. The van der Waals surface area contributed by atoms with Gasteiger partial charge in [-0.1, -0.05) is 39.8 Å². The van der Waals surface area contributed by atoms with Gasteiger partial charge in [-0.15, -0.1) is 0 Å². The zero-order chi connectivity index (χ0) is 28.6. The van der Waals surface area contributed by atoms with E-state index < -0.39 is 78.2 Å². The van der Waals surface area contributed by atoms with E-state index in [0.29, 0.717) is 30.7 Å². The van der Waals surface area contributed by atoms with Crippen molar-refractivity contribution in [2.45, 2.75) is 89.8 Å². The minimum absolute atomic E-state index is 0.00223. The second-order valence-corrected chi connectivity index (χ2v) is 11.0. The van der Waals surface area contributed by atoms with Gasteiger partial charge in [0.25, 0.3) is 5.92 Å². The lowest BCUT2D eigenvalue weighted by Gasteiger charge is -2.55. The van der Waals surface area contributed by atoms with Gasteiger partial charge in [0.05, 0.1) is 11.5 Å². The fraction of sp³-hybridized carbons (Fsp3) is 0.720. The minimum atomic E-state index is -4.79. The lowest BCUT2D eigenvalue weighted by atomic mass is 9.73. The van der Waals surface area contributed by atoms with Crippen molar-refractivity contribution in [3.8, 4) is 0 Å². The molecule has 4 nitrogen and oxygen atoms in total. The predicted octanol–water partition coefficient (Wildman–Crippen LogP) is 7.07. The van der Waals surface area contributed by atoms with Crippen LogP contribution in [0.3, 0.4) is 0 Å². The van der Waals surface area contributed by atoms with Crippen LogP contribution in [-0.2, 0) is 16.7 Å². The summed E-state index contributed by atoms with van der Waals surface area (Å²) in [4.78, 5) is 12.4. The predicted molar refractivity (Wildman–Crippen MR) is 120 cm³/mol. The minimum Gasteiger partial charge on any atom is -0.481 e. The molecule has 1 fully saturated rings. The van der Waals surface area contributed by atoms with Gasteiger partial charge >= 0.3 is 18.3 Å². The smallest absolute Gasteiger partial charge is 0.416 e. The number of benzene rings is 1. The third-order valence-electron chi connectivity index (χ3n) is 7.06. The molecule has 0 aliphatic carbocycles. The molecular formula is C25H33F8NO3. The van der Waals surface area contributed by atoms with Crippen LogP contribution in [0.5, 0.6) is 0 Å². The zero-order valence-electron chi connectivity index (χ0n) is 21.1. The van der Waals surface area contributed by atoms with Crippen LogP contribution in [0.1, 0.15) is 70.9 Å². The summed E-state index contributed by atoms with van der Waals surface area (Å²) in [5, 5.41) is 21.1. The van der Waals surface area contributed by atoms with E-state index in [1.807, 2.05) is 20.8 Å². The summed E-state index contributed by atoms with van der Waals surface area (Å²) in [7, 11) is 0. The van der Waals surface area contributed by atoms with Crippen molar-refractivity contribution < 1.29 is 50.1 Å². The number of hydrogen-bond donors (Lipinski definition) is 2. The number of piperidine rings is 1. The van der Waals surface area contributed by atoms with Gasteiger partial charge in [-0.05, 0) is 43.2 Å². The summed E-state index contributed by atoms with van der Waals surface area (Å²) < 4.78 is 111. The number of halogens is 8. The normalized spacial score (nSPS) is 25.1. The van der Waals surface area contributed by atoms with Gasteiger partial charge in [0.1, 0.15) is 0 Å². The number of rotatable bonds is 8. The molecule has 12 heteroatoms. The number of aliphatic hydroxyl groups is 1. The summed E-state index contributed by atoms with van der Waals surface area (Å²) in [5.41, 5.74) is -5.54. The van der Waals surface area contributed by atoms with Gasteiger partial charge in [0, 0.05) is 30.5 Å². The molecule has 1 aliphatic rings. The summed E-state index contributed by atoms with van der Waals surface area (Å²) in [6, 6.07) is 1.14. The van der Waals surface area contributed by atoms with Crippen LogP contribution in [0.15, 0.2) is 24.3 Å². The molecular weight excluding hydrogens is 514 g/mol. The van der Waals surface area contributed by atoms with Crippen molar-refractivity contribution in [3.05, 3.63) is 35.4 Å². The van der Waals surface area contributed by atoms with E-state index in [2.05, 4.69) is 0 Å². The Labute approximate surface area is 210 Å². The highest BCUT2D eigenvalue weighted by molar-refractivity contribution is 5.70. The molecule has 1 unspecified atom stereocenters. The van der Waals surface area contributed by atoms with Crippen LogP contribution in [0.2, 0.25) is 0 Å². The Hall–Kier alpha value is -1.95. The molecule has 4 atom stereocenters. The number of hydrogen-bond acceptors (Lipinski definition) is 3. The molecule has 0 spiro atoms. The molecule has 212 valence electrons. The first-order valence-corrected chi connectivity index (χ1v) is 12.0. The van der Waals surface area contributed by atoms with Gasteiger partial charge in [-0.3, -0.25) is 9.69 Å². The summed E-state index contributed by atoms with van der Waals surface area (Å²) in [6.45, 7) is 6.09. The summed E-state index contributed by atoms with van der Waals surface area (Å²) in [5.74, 6) is -9.34. The molecule has 2 N–H and O–H groups in total. The lowest BCUT2D eigenvalue weighted by Crippen LogP contribution is -2.68. The summed E-state index contributed by atoms with van der Waals surface area (Å²) >= 11 is 0. The molecule has 1 aromatic rings. The largest absolute Gasteiger partial charge is 0.481 e. The van der Waals surface area contributed by atoms with Crippen LogP contribution in [0.25, 0.3) is 0 Å². The van der Waals surface area contributed by atoms with Crippen molar-refractivity contribution in [1.82, 2.24) is 4.90 Å². The Morgan fingerprint density at radius 1 is 1.03 bits per heavy atom. The van der Waals surface area contributed by atoms with Gasteiger partial charge < -0.3 is 10.2 Å². The fourth-order valence-corrected chi connectivity index (χ4v) is 4.89. The van der Waals surface area contributed by atoms with E-state index in [1.165, 1.54) is 0 Å². The first-order chi connectivity index (χ1) is 16.6. The molecule has 1 aromatic carbocycles. The SMILES string of the molecule is CC(C(=O)O)[C@@H]1CCN([C@H](CCC(C)(C)C)CCC(F)(F)F)[C@](O)(c2ccc(C(F)(F)F)cc2)C1(F)F. The van der Waals surface area contributed by atoms with E-state index in [4.69, 9.17) is 0 Å². The van der Waals surface area contributed by atoms with E-state index in [9.17, 15) is 41.4 Å². The number of nitrogens with zero attached hydrogens (tertiary/aromatic N) is 1. The van der Waals surface area contributed by atoms with Gasteiger partial charge in [-0.2, -0.15) is 26.3 Å². The molecule has 2 rings (SSSR count). The maximum Gasteiger partial charge on any atom is 0.416 e. The highest BCUT2D eigenvalue weighted by Gasteiger charge is 2.66. The standard InChI is InChI=1S/C25H33F8NO3/c1-15(20(35)36)19-11-14-34(18(9-12-21(2,3)4)10-13-22(26,27)28)24(37,23(19,29)30)16-5-7-17(8-6-16)25(31,32)33/h5-8,15,18-19,37H,9-14H2,1-4H3,(H,35,36)/t15?,18-,19+,24+/m1/s1. The Morgan fingerprint density at radius 2 is 1.54 bits per heavy atom. The van der Waals surface area contributed by atoms with Crippen LogP contribution < -0.4 is 0 Å². The van der Waals surface area contributed by atoms with Crippen LogP contribution in [-0.4, -0.2) is 45.8 Å². The van der Waals surface area contributed by atoms with Gasteiger partial charge in [-0.25, -0.2) is 8.78 Å². The quantitative estimate of drug-likeness (QED) is 0.342.